The molecule has 1 rings (SSSR count). The van der Waals surface area contributed by atoms with Crippen molar-refractivity contribution >= 4 is 27.7 Å². The third-order valence-corrected chi connectivity index (χ3v) is 2.87. The Morgan fingerprint density at radius 1 is 1.29 bits per heavy atom. The lowest BCUT2D eigenvalue weighted by Crippen LogP contribution is -2.22. The second kappa shape index (κ2) is 5.82. The summed E-state index contributed by atoms with van der Waals surface area (Å²) in [6.07, 6.45) is 0. The van der Waals surface area contributed by atoms with Crippen molar-refractivity contribution in [3.63, 3.8) is 0 Å². The van der Waals surface area contributed by atoms with Crippen LogP contribution in [0.15, 0.2) is 22.7 Å². The minimum atomic E-state index is -0.844. The van der Waals surface area contributed by atoms with Gasteiger partial charge < -0.3 is 9.47 Å². The summed E-state index contributed by atoms with van der Waals surface area (Å²) in [5, 5.41) is 0. The van der Waals surface area contributed by atoms with Crippen LogP contribution in [0.4, 0.5) is 0 Å². The highest BCUT2D eigenvalue weighted by molar-refractivity contribution is 9.10. The van der Waals surface area contributed by atoms with E-state index in [4.69, 9.17) is 4.74 Å². The summed E-state index contributed by atoms with van der Waals surface area (Å²) < 4.78 is 10.4. The first-order chi connectivity index (χ1) is 8.01. The molecule has 1 unspecified atom stereocenters. The Balaban J connectivity index is 3.10. The van der Waals surface area contributed by atoms with E-state index < -0.39 is 11.9 Å². The number of benzene rings is 1. The molecule has 0 aromatic heterocycles. The number of carbonyl (C=O) groups is 2. The van der Waals surface area contributed by atoms with E-state index in [-0.39, 0.29) is 5.78 Å². The molecule has 0 spiro atoms. The van der Waals surface area contributed by atoms with Gasteiger partial charge in [0, 0.05) is 4.47 Å². The highest BCUT2D eigenvalue weighted by atomic mass is 79.9. The van der Waals surface area contributed by atoms with Crippen molar-refractivity contribution < 1.29 is 19.1 Å². The van der Waals surface area contributed by atoms with Gasteiger partial charge in [-0.05, 0) is 25.1 Å². The van der Waals surface area contributed by atoms with E-state index in [1.807, 2.05) is 0 Å². The monoisotopic (exact) mass is 300 g/mol. The molecule has 0 heterocycles. The number of hydrogen-bond donors (Lipinski definition) is 0. The molecule has 4 nitrogen and oxygen atoms in total. The zero-order valence-corrected chi connectivity index (χ0v) is 11.4. The van der Waals surface area contributed by atoms with Crippen molar-refractivity contribution in [3.05, 3.63) is 28.2 Å². The second-order valence-corrected chi connectivity index (χ2v) is 4.37. The molecule has 0 aliphatic heterocycles. The molecule has 1 atom stereocenters. The Morgan fingerprint density at radius 2 is 1.94 bits per heavy atom. The summed E-state index contributed by atoms with van der Waals surface area (Å²) >= 11 is 3.27. The summed E-state index contributed by atoms with van der Waals surface area (Å²) in [6.45, 7) is 1.51. The number of hydrogen-bond acceptors (Lipinski definition) is 4. The summed E-state index contributed by atoms with van der Waals surface area (Å²) in [5.41, 5.74) is 0.361. The molecule has 17 heavy (non-hydrogen) atoms. The molecule has 0 aliphatic rings. The zero-order valence-electron chi connectivity index (χ0n) is 9.82. The molecular formula is C12H13BrO4. The van der Waals surface area contributed by atoms with Gasteiger partial charge >= 0.3 is 5.97 Å². The van der Waals surface area contributed by atoms with E-state index >= 15 is 0 Å². The number of esters is 1. The summed E-state index contributed by atoms with van der Waals surface area (Å²) in [4.78, 5) is 23.4. The maximum Gasteiger partial charge on any atom is 0.316 e. The first-order valence-corrected chi connectivity index (χ1v) is 5.76. The first kappa shape index (κ1) is 13.7. The maximum absolute atomic E-state index is 12.1. The van der Waals surface area contributed by atoms with E-state index in [2.05, 4.69) is 20.7 Å². The lowest BCUT2D eigenvalue weighted by molar-refractivity contribution is -0.143. The number of Topliss-reactive ketones (excluding diaryl/α,β-unsaturated/α-hetero) is 1. The predicted octanol–water partition coefficient (Wildman–Crippen LogP) is 2.45. The number of methoxy groups -OCH3 is 2. The molecule has 0 bridgehead atoms. The van der Waals surface area contributed by atoms with Gasteiger partial charge in [-0.3, -0.25) is 9.59 Å². The number of carbonyl (C=O) groups excluding carboxylic acids is 2. The normalized spacial score (nSPS) is 11.8. The Labute approximate surface area is 108 Å². The Kier molecular flexibility index (Phi) is 4.69. The van der Waals surface area contributed by atoms with E-state index in [0.29, 0.717) is 11.3 Å². The van der Waals surface area contributed by atoms with Gasteiger partial charge in [0.25, 0.3) is 0 Å². The molecule has 0 fully saturated rings. The number of ether oxygens (including phenoxy) is 2. The summed E-state index contributed by atoms with van der Waals surface area (Å²) in [6, 6.07) is 5.06. The van der Waals surface area contributed by atoms with Crippen LogP contribution in [-0.2, 0) is 9.53 Å². The van der Waals surface area contributed by atoms with Crippen LogP contribution in [-0.4, -0.2) is 26.0 Å². The summed E-state index contributed by atoms with van der Waals surface area (Å²) in [5.74, 6) is -1.29. The number of halogens is 1. The van der Waals surface area contributed by atoms with Gasteiger partial charge in [-0.25, -0.2) is 0 Å². The van der Waals surface area contributed by atoms with Crippen molar-refractivity contribution in [1.82, 2.24) is 0 Å². The molecule has 0 N–H and O–H groups in total. The Morgan fingerprint density at radius 3 is 2.47 bits per heavy atom. The fourth-order valence-corrected chi connectivity index (χ4v) is 1.75. The fraction of sp³-hybridized carbons (Fsp3) is 0.333. The molecule has 0 saturated heterocycles. The Bertz CT molecular complexity index is 442. The number of ketones is 1. The average Bonchev–Trinajstić information content (AvgIpc) is 2.35. The SMILES string of the molecule is COC(=O)C(C)C(=O)c1cc(Br)ccc1OC. The van der Waals surface area contributed by atoms with Crippen molar-refractivity contribution in [1.29, 1.82) is 0 Å². The minimum absolute atomic E-state index is 0.324. The smallest absolute Gasteiger partial charge is 0.316 e. The van der Waals surface area contributed by atoms with Gasteiger partial charge in [-0.1, -0.05) is 15.9 Å². The molecule has 0 saturated carbocycles. The van der Waals surface area contributed by atoms with E-state index in [9.17, 15) is 9.59 Å². The highest BCUT2D eigenvalue weighted by Crippen LogP contribution is 2.25. The predicted molar refractivity (Wildman–Crippen MR) is 66.2 cm³/mol. The van der Waals surface area contributed by atoms with E-state index in [1.165, 1.54) is 21.1 Å². The quantitative estimate of drug-likeness (QED) is 0.487. The number of rotatable bonds is 4. The van der Waals surface area contributed by atoms with Gasteiger partial charge in [0.1, 0.15) is 11.7 Å². The van der Waals surface area contributed by atoms with Gasteiger partial charge in [-0.2, -0.15) is 0 Å². The molecule has 0 aliphatic carbocycles. The molecule has 5 heteroatoms. The third kappa shape index (κ3) is 3.06. The zero-order chi connectivity index (χ0) is 13.0. The van der Waals surface area contributed by atoms with Gasteiger partial charge in [0.15, 0.2) is 5.78 Å². The Hall–Kier alpha value is -1.36. The lowest BCUT2D eigenvalue weighted by atomic mass is 9.99. The lowest BCUT2D eigenvalue weighted by Gasteiger charge is -2.11. The largest absolute Gasteiger partial charge is 0.496 e. The minimum Gasteiger partial charge on any atom is -0.496 e. The van der Waals surface area contributed by atoms with E-state index in [0.717, 1.165) is 4.47 Å². The second-order valence-electron chi connectivity index (χ2n) is 3.45. The van der Waals surface area contributed by atoms with Crippen LogP contribution in [0.2, 0.25) is 0 Å². The molecular weight excluding hydrogens is 288 g/mol. The fourth-order valence-electron chi connectivity index (χ4n) is 1.39. The van der Waals surface area contributed by atoms with Crippen LogP contribution < -0.4 is 4.74 Å². The maximum atomic E-state index is 12.1. The average molecular weight is 301 g/mol. The van der Waals surface area contributed by atoms with Crippen LogP contribution >= 0.6 is 15.9 Å². The van der Waals surface area contributed by atoms with Crippen molar-refractivity contribution in [2.24, 2.45) is 5.92 Å². The van der Waals surface area contributed by atoms with Crippen molar-refractivity contribution in [2.75, 3.05) is 14.2 Å². The van der Waals surface area contributed by atoms with Crippen LogP contribution in [0.25, 0.3) is 0 Å². The molecule has 1 aromatic carbocycles. The van der Waals surface area contributed by atoms with Crippen LogP contribution in [0.5, 0.6) is 5.75 Å². The topological polar surface area (TPSA) is 52.6 Å². The molecule has 0 amide bonds. The van der Waals surface area contributed by atoms with Gasteiger partial charge in [-0.15, -0.1) is 0 Å². The van der Waals surface area contributed by atoms with Crippen molar-refractivity contribution in [2.45, 2.75) is 6.92 Å². The van der Waals surface area contributed by atoms with Crippen LogP contribution in [0, 0.1) is 5.92 Å². The van der Waals surface area contributed by atoms with Gasteiger partial charge in [0.05, 0.1) is 19.8 Å². The standard InChI is InChI=1S/C12H13BrO4/c1-7(12(15)17-3)11(14)9-6-8(13)4-5-10(9)16-2/h4-7H,1-3H3. The van der Waals surface area contributed by atoms with Gasteiger partial charge in [0.2, 0.25) is 0 Å². The van der Waals surface area contributed by atoms with Crippen molar-refractivity contribution in [3.8, 4) is 5.75 Å². The third-order valence-electron chi connectivity index (χ3n) is 2.38. The first-order valence-electron chi connectivity index (χ1n) is 4.96. The summed E-state index contributed by atoms with van der Waals surface area (Å²) in [7, 11) is 2.73. The van der Waals surface area contributed by atoms with Crippen LogP contribution in [0.3, 0.4) is 0 Å². The molecule has 92 valence electrons. The molecule has 0 radical (unpaired) electrons. The molecule has 1 aromatic rings. The van der Waals surface area contributed by atoms with Crippen LogP contribution in [0.1, 0.15) is 17.3 Å². The van der Waals surface area contributed by atoms with E-state index in [1.54, 1.807) is 18.2 Å². The highest BCUT2D eigenvalue weighted by Gasteiger charge is 2.26.